The first kappa shape index (κ1) is 13.2. The Hall–Kier alpha value is -2.20. The molecule has 5 heteroatoms. The molecule has 3 N–H and O–H groups in total. The molecule has 2 aromatic rings. The highest BCUT2D eigenvalue weighted by Crippen LogP contribution is 2.29. The van der Waals surface area contributed by atoms with Gasteiger partial charge in [0.05, 0.1) is 5.69 Å². The van der Waals surface area contributed by atoms with Gasteiger partial charge in [-0.3, -0.25) is 4.79 Å². The minimum Gasteiger partial charge on any atom is -0.455 e. The zero-order valence-electron chi connectivity index (χ0n) is 10.3. The predicted molar refractivity (Wildman–Crippen MR) is 75.8 cm³/mol. The summed E-state index contributed by atoms with van der Waals surface area (Å²) in [5.74, 6) is 0.983. The van der Waals surface area contributed by atoms with Crippen LogP contribution in [0.2, 0.25) is 5.02 Å². The maximum Gasteiger partial charge on any atom is 0.251 e. The second-order valence-corrected chi connectivity index (χ2v) is 4.32. The third-order valence-electron chi connectivity index (χ3n) is 2.54. The molecule has 0 aliphatic heterocycles. The van der Waals surface area contributed by atoms with Crippen molar-refractivity contribution in [3.63, 3.8) is 0 Å². The first-order valence-electron chi connectivity index (χ1n) is 5.65. The van der Waals surface area contributed by atoms with E-state index in [0.29, 0.717) is 27.8 Å². The van der Waals surface area contributed by atoms with E-state index in [9.17, 15) is 4.79 Å². The van der Waals surface area contributed by atoms with Crippen molar-refractivity contribution in [3.05, 3.63) is 53.1 Å². The van der Waals surface area contributed by atoms with Crippen LogP contribution in [0.15, 0.2) is 42.5 Å². The minimum atomic E-state index is -0.141. The molecule has 2 rings (SSSR count). The Bertz CT molecular complexity index is 597. The van der Waals surface area contributed by atoms with Gasteiger partial charge < -0.3 is 15.8 Å². The van der Waals surface area contributed by atoms with E-state index >= 15 is 0 Å². The number of benzene rings is 2. The SMILES string of the molecule is CNC(=O)c1ccc(Oc2ccc(Cl)cc2N)cc1. The van der Waals surface area contributed by atoms with Crippen molar-refractivity contribution in [1.29, 1.82) is 0 Å². The Morgan fingerprint density at radius 2 is 1.89 bits per heavy atom. The van der Waals surface area contributed by atoms with Gasteiger partial charge in [-0.15, -0.1) is 0 Å². The summed E-state index contributed by atoms with van der Waals surface area (Å²) in [6.45, 7) is 0. The molecule has 0 aliphatic rings. The molecule has 2 aromatic carbocycles. The number of nitrogens with one attached hydrogen (secondary N) is 1. The van der Waals surface area contributed by atoms with Crippen LogP contribution in [0.3, 0.4) is 0 Å². The highest BCUT2D eigenvalue weighted by Gasteiger charge is 2.05. The van der Waals surface area contributed by atoms with Crippen LogP contribution in [0.25, 0.3) is 0 Å². The number of nitrogens with two attached hydrogens (primary N) is 1. The summed E-state index contributed by atoms with van der Waals surface area (Å²) in [7, 11) is 1.58. The van der Waals surface area contributed by atoms with Crippen molar-refractivity contribution in [2.24, 2.45) is 0 Å². The number of halogens is 1. The van der Waals surface area contributed by atoms with Crippen molar-refractivity contribution in [2.75, 3.05) is 12.8 Å². The largest absolute Gasteiger partial charge is 0.455 e. The van der Waals surface area contributed by atoms with Gasteiger partial charge in [0.1, 0.15) is 11.5 Å². The third kappa shape index (κ3) is 3.17. The van der Waals surface area contributed by atoms with E-state index < -0.39 is 0 Å². The van der Waals surface area contributed by atoms with Crippen LogP contribution in [0.1, 0.15) is 10.4 Å². The predicted octanol–water partition coefficient (Wildman–Crippen LogP) is 3.07. The molecule has 0 aromatic heterocycles. The molecule has 0 saturated carbocycles. The number of amides is 1. The average molecular weight is 277 g/mol. The zero-order valence-corrected chi connectivity index (χ0v) is 11.1. The molecule has 0 spiro atoms. The van der Waals surface area contributed by atoms with Gasteiger partial charge in [0.15, 0.2) is 0 Å². The standard InChI is InChI=1S/C14H13ClN2O2/c1-17-14(18)9-2-5-11(6-3-9)19-13-7-4-10(15)8-12(13)16/h2-8H,16H2,1H3,(H,17,18). The second-order valence-electron chi connectivity index (χ2n) is 3.89. The molecular weight excluding hydrogens is 264 g/mol. The number of ether oxygens (including phenoxy) is 1. The van der Waals surface area contributed by atoms with Gasteiger partial charge in [0.25, 0.3) is 5.91 Å². The van der Waals surface area contributed by atoms with E-state index in [0.717, 1.165) is 0 Å². The smallest absolute Gasteiger partial charge is 0.251 e. The van der Waals surface area contributed by atoms with Gasteiger partial charge in [-0.2, -0.15) is 0 Å². The summed E-state index contributed by atoms with van der Waals surface area (Å²) in [5.41, 5.74) is 6.82. The topological polar surface area (TPSA) is 64.3 Å². The lowest BCUT2D eigenvalue weighted by Crippen LogP contribution is -2.17. The highest BCUT2D eigenvalue weighted by molar-refractivity contribution is 6.30. The fraction of sp³-hybridized carbons (Fsp3) is 0.0714. The maximum absolute atomic E-state index is 11.4. The zero-order chi connectivity index (χ0) is 13.8. The monoisotopic (exact) mass is 276 g/mol. The molecule has 0 saturated heterocycles. The van der Waals surface area contributed by atoms with Crippen molar-refractivity contribution in [3.8, 4) is 11.5 Å². The Morgan fingerprint density at radius 3 is 2.47 bits per heavy atom. The van der Waals surface area contributed by atoms with Crippen molar-refractivity contribution < 1.29 is 9.53 Å². The van der Waals surface area contributed by atoms with Crippen LogP contribution in [-0.4, -0.2) is 13.0 Å². The summed E-state index contributed by atoms with van der Waals surface area (Å²) < 4.78 is 5.62. The lowest BCUT2D eigenvalue weighted by molar-refractivity contribution is 0.0963. The fourth-order valence-electron chi connectivity index (χ4n) is 1.56. The number of rotatable bonds is 3. The average Bonchev–Trinajstić information content (AvgIpc) is 2.42. The summed E-state index contributed by atoms with van der Waals surface area (Å²) in [6, 6.07) is 11.8. The van der Waals surface area contributed by atoms with Gasteiger partial charge in [0, 0.05) is 17.6 Å². The molecule has 0 bridgehead atoms. The van der Waals surface area contributed by atoms with Gasteiger partial charge in [-0.05, 0) is 42.5 Å². The summed E-state index contributed by atoms with van der Waals surface area (Å²) in [4.78, 5) is 11.4. The van der Waals surface area contributed by atoms with E-state index in [4.69, 9.17) is 22.1 Å². The molecule has 98 valence electrons. The maximum atomic E-state index is 11.4. The Labute approximate surface area is 116 Å². The van der Waals surface area contributed by atoms with Gasteiger partial charge in [-0.25, -0.2) is 0 Å². The molecule has 19 heavy (non-hydrogen) atoms. The number of hydrogen-bond donors (Lipinski definition) is 2. The second kappa shape index (κ2) is 5.63. The van der Waals surface area contributed by atoms with E-state index in [1.807, 2.05) is 0 Å². The van der Waals surface area contributed by atoms with Crippen molar-refractivity contribution in [1.82, 2.24) is 5.32 Å². The quantitative estimate of drug-likeness (QED) is 0.847. The number of hydrogen-bond acceptors (Lipinski definition) is 3. The first-order valence-corrected chi connectivity index (χ1v) is 6.03. The Kier molecular flexibility index (Phi) is 3.92. The van der Waals surface area contributed by atoms with Crippen LogP contribution in [0.4, 0.5) is 5.69 Å². The van der Waals surface area contributed by atoms with Crippen molar-refractivity contribution in [2.45, 2.75) is 0 Å². The van der Waals surface area contributed by atoms with Crippen LogP contribution < -0.4 is 15.8 Å². The molecule has 0 heterocycles. The lowest BCUT2D eigenvalue weighted by Gasteiger charge is -2.09. The van der Waals surface area contributed by atoms with Gasteiger partial charge in [0.2, 0.25) is 0 Å². The van der Waals surface area contributed by atoms with E-state index in [1.165, 1.54) is 0 Å². The number of nitrogen functional groups attached to an aromatic ring is 1. The molecule has 4 nitrogen and oxygen atoms in total. The van der Waals surface area contributed by atoms with E-state index in [-0.39, 0.29) is 5.91 Å². The van der Waals surface area contributed by atoms with Crippen LogP contribution >= 0.6 is 11.6 Å². The molecule has 0 aliphatic carbocycles. The lowest BCUT2D eigenvalue weighted by atomic mass is 10.2. The normalized spacial score (nSPS) is 10.0. The van der Waals surface area contributed by atoms with Crippen molar-refractivity contribution >= 4 is 23.2 Å². The summed E-state index contributed by atoms with van der Waals surface area (Å²) in [6.07, 6.45) is 0. The van der Waals surface area contributed by atoms with Crippen LogP contribution in [0.5, 0.6) is 11.5 Å². The minimum absolute atomic E-state index is 0.141. The number of carbonyl (C=O) groups excluding carboxylic acids is 1. The van der Waals surface area contributed by atoms with Crippen LogP contribution in [-0.2, 0) is 0 Å². The van der Waals surface area contributed by atoms with E-state index in [1.54, 1.807) is 49.5 Å². The molecule has 0 atom stereocenters. The first-order chi connectivity index (χ1) is 9.10. The molecule has 0 radical (unpaired) electrons. The summed E-state index contributed by atoms with van der Waals surface area (Å²) >= 11 is 5.81. The Balaban J connectivity index is 2.17. The number of anilines is 1. The fourth-order valence-corrected chi connectivity index (χ4v) is 1.74. The number of carbonyl (C=O) groups is 1. The van der Waals surface area contributed by atoms with E-state index in [2.05, 4.69) is 5.32 Å². The Morgan fingerprint density at radius 1 is 1.21 bits per heavy atom. The summed E-state index contributed by atoms with van der Waals surface area (Å²) in [5, 5.41) is 3.11. The van der Waals surface area contributed by atoms with Crippen LogP contribution in [0, 0.1) is 0 Å². The molecule has 0 fully saturated rings. The third-order valence-corrected chi connectivity index (χ3v) is 2.78. The van der Waals surface area contributed by atoms with Gasteiger partial charge >= 0.3 is 0 Å². The van der Waals surface area contributed by atoms with Gasteiger partial charge in [-0.1, -0.05) is 11.6 Å². The highest BCUT2D eigenvalue weighted by atomic mass is 35.5. The molecule has 0 unspecified atom stereocenters. The molecular formula is C14H13ClN2O2. The molecule has 1 amide bonds.